The van der Waals surface area contributed by atoms with Gasteiger partial charge in [0.15, 0.2) is 5.82 Å². The van der Waals surface area contributed by atoms with Crippen LogP contribution in [0.25, 0.3) is 122 Å². The predicted octanol–water partition coefficient (Wildman–Crippen LogP) is 16.8. The van der Waals surface area contributed by atoms with E-state index >= 15 is 0 Å². The van der Waals surface area contributed by atoms with Crippen molar-refractivity contribution in [3.05, 3.63) is 243 Å². The van der Waals surface area contributed by atoms with Gasteiger partial charge >= 0.3 is 0 Å². The van der Waals surface area contributed by atoms with Crippen LogP contribution in [0.5, 0.6) is 0 Å². The standard InChI is InChI=1S/C62H40N2/c1-3-18-41(19-4-1)50-27-13-15-31-55(50)60-40-59(63-62(64-60)57-32-16-14-28-51(57)42-20-5-2-6-21-42)47-36-46(53-33-17-25-43-22-7-10-26-49(43)53)37-48(38-47)61-54-30-12-9-24-45(54)39-58-52-29-11-8-23-44(52)34-35-56(58)61/h1-40H. The molecule has 0 aliphatic rings. The van der Waals surface area contributed by atoms with Crippen LogP contribution < -0.4 is 0 Å². The van der Waals surface area contributed by atoms with Crippen LogP contribution in [-0.4, -0.2) is 9.97 Å². The van der Waals surface area contributed by atoms with Crippen LogP contribution in [-0.2, 0) is 0 Å². The van der Waals surface area contributed by atoms with E-state index in [1.165, 1.54) is 54.2 Å². The quantitative estimate of drug-likeness (QED) is 0.118. The first-order valence-electron chi connectivity index (χ1n) is 21.9. The van der Waals surface area contributed by atoms with E-state index in [0.29, 0.717) is 5.82 Å². The Balaban J connectivity index is 1.18. The summed E-state index contributed by atoms with van der Waals surface area (Å²) in [5, 5.41) is 9.77. The molecular formula is C62H40N2. The SMILES string of the molecule is c1ccc(-c2ccccc2-c2cc(-c3cc(-c4cccc5ccccc45)cc(-c4c5ccccc5cc5c4ccc4ccccc45)c3)nc(-c3ccccc3-c3ccccc3)n2)cc1. The Morgan fingerprint density at radius 3 is 1.45 bits per heavy atom. The number of benzene rings is 11. The number of hydrogen-bond acceptors (Lipinski definition) is 2. The van der Waals surface area contributed by atoms with Crippen LogP contribution in [0.2, 0.25) is 0 Å². The first-order chi connectivity index (χ1) is 31.7. The molecule has 0 unspecified atom stereocenters. The second-order valence-electron chi connectivity index (χ2n) is 16.5. The maximum Gasteiger partial charge on any atom is 0.161 e. The van der Waals surface area contributed by atoms with Gasteiger partial charge in [-0.05, 0) is 118 Å². The molecule has 0 saturated heterocycles. The highest BCUT2D eigenvalue weighted by atomic mass is 14.9. The van der Waals surface area contributed by atoms with E-state index in [1.807, 2.05) is 0 Å². The van der Waals surface area contributed by atoms with Crippen LogP contribution in [0.1, 0.15) is 0 Å². The molecule has 1 aromatic heterocycles. The van der Waals surface area contributed by atoms with Crippen LogP contribution in [0, 0.1) is 0 Å². The Hall–Kier alpha value is -8.46. The minimum absolute atomic E-state index is 0.675. The second-order valence-corrected chi connectivity index (χ2v) is 16.5. The number of fused-ring (bicyclic) bond motifs is 5. The van der Waals surface area contributed by atoms with Gasteiger partial charge in [0.2, 0.25) is 0 Å². The first kappa shape index (κ1) is 37.3. The minimum Gasteiger partial charge on any atom is -0.228 e. The number of rotatable bonds is 7. The summed E-state index contributed by atoms with van der Waals surface area (Å²) in [5.74, 6) is 0.675. The Labute approximate surface area is 372 Å². The second kappa shape index (κ2) is 15.8. The van der Waals surface area contributed by atoms with E-state index < -0.39 is 0 Å². The van der Waals surface area contributed by atoms with Crippen molar-refractivity contribution in [2.75, 3.05) is 0 Å². The minimum atomic E-state index is 0.675. The molecule has 0 amide bonds. The molecule has 0 saturated carbocycles. The fraction of sp³-hybridized carbons (Fsp3) is 0. The Morgan fingerprint density at radius 1 is 0.219 bits per heavy atom. The Kier molecular flexibility index (Phi) is 9.20. The number of nitrogens with zero attached hydrogens (tertiary/aromatic N) is 2. The highest BCUT2D eigenvalue weighted by molar-refractivity contribution is 6.20. The molecule has 0 aliphatic heterocycles. The van der Waals surface area contributed by atoms with Gasteiger partial charge in [0.05, 0.1) is 11.4 Å². The Morgan fingerprint density at radius 2 is 0.719 bits per heavy atom. The Bertz CT molecular complexity index is 3610. The summed E-state index contributed by atoms with van der Waals surface area (Å²) in [7, 11) is 0. The van der Waals surface area contributed by atoms with Crippen molar-refractivity contribution >= 4 is 43.1 Å². The van der Waals surface area contributed by atoms with Gasteiger partial charge in [0.1, 0.15) is 0 Å². The summed E-state index contributed by atoms with van der Waals surface area (Å²) >= 11 is 0. The average molecular weight is 813 g/mol. The van der Waals surface area contributed by atoms with E-state index in [1.54, 1.807) is 0 Å². The molecule has 64 heavy (non-hydrogen) atoms. The van der Waals surface area contributed by atoms with Gasteiger partial charge in [-0.2, -0.15) is 0 Å². The molecule has 11 aromatic carbocycles. The maximum absolute atomic E-state index is 5.57. The molecule has 12 aromatic rings. The molecule has 0 N–H and O–H groups in total. The first-order valence-corrected chi connectivity index (χ1v) is 21.9. The monoisotopic (exact) mass is 812 g/mol. The van der Waals surface area contributed by atoms with Gasteiger partial charge in [-0.1, -0.05) is 212 Å². The fourth-order valence-corrected chi connectivity index (χ4v) is 9.66. The zero-order valence-electron chi connectivity index (χ0n) is 35.0. The lowest BCUT2D eigenvalue weighted by Crippen LogP contribution is -1.99. The van der Waals surface area contributed by atoms with Crippen molar-refractivity contribution in [3.63, 3.8) is 0 Å². The van der Waals surface area contributed by atoms with Gasteiger partial charge in [-0.3, -0.25) is 0 Å². The molecule has 0 aliphatic carbocycles. The third-order valence-electron chi connectivity index (χ3n) is 12.7. The van der Waals surface area contributed by atoms with E-state index in [9.17, 15) is 0 Å². The van der Waals surface area contributed by atoms with Gasteiger partial charge < -0.3 is 0 Å². The molecule has 12 rings (SSSR count). The zero-order chi connectivity index (χ0) is 42.4. The lowest BCUT2D eigenvalue weighted by atomic mass is 9.87. The molecule has 2 nitrogen and oxygen atoms in total. The molecule has 0 spiro atoms. The molecule has 298 valence electrons. The number of aromatic nitrogens is 2. The van der Waals surface area contributed by atoms with Crippen molar-refractivity contribution in [1.29, 1.82) is 0 Å². The fourth-order valence-electron chi connectivity index (χ4n) is 9.66. The zero-order valence-corrected chi connectivity index (χ0v) is 35.0. The predicted molar refractivity (Wildman–Crippen MR) is 270 cm³/mol. The number of hydrogen-bond donors (Lipinski definition) is 0. The van der Waals surface area contributed by atoms with Gasteiger partial charge in [-0.25, -0.2) is 9.97 Å². The lowest BCUT2D eigenvalue weighted by molar-refractivity contribution is 1.18. The maximum atomic E-state index is 5.57. The van der Waals surface area contributed by atoms with Crippen molar-refractivity contribution in [2.45, 2.75) is 0 Å². The van der Waals surface area contributed by atoms with Gasteiger partial charge in [-0.15, -0.1) is 0 Å². The van der Waals surface area contributed by atoms with E-state index in [2.05, 4.69) is 243 Å². The summed E-state index contributed by atoms with van der Waals surface area (Å²) in [4.78, 5) is 11.0. The van der Waals surface area contributed by atoms with Gasteiger partial charge in [0, 0.05) is 16.7 Å². The topological polar surface area (TPSA) is 25.8 Å². The average Bonchev–Trinajstić information content (AvgIpc) is 3.38. The molecule has 0 atom stereocenters. The highest BCUT2D eigenvalue weighted by Gasteiger charge is 2.20. The molecule has 0 fully saturated rings. The van der Waals surface area contributed by atoms with Gasteiger partial charge in [0.25, 0.3) is 0 Å². The summed E-state index contributed by atoms with van der Waals surface area (Å²) in [6.07, 6.45) is 0. The van der Waals surface area contributed by atoms with E-state index in [0.717, 1.165) is 61.5 Å². The third kappa shape index (κ3) is 6.61. The highest BCUT2D eigenvalue weighted by Crippen LogP contribution is 2.44. The molecule has 0 bridgehead atoms. The third-order valence-corrected chi connectivity index (χ3v) is 12.7. The molecule has 2 heteroatoms. The van der Waals surface area contributed by atoms with Crippen molar-refractivity contribution < 1.29 is 0 Å². The van der Waals surface area contributed by atoms with E-state index in [4.69, 9.17) is 9.97 Å². The summed E-state index contributed by atoms with van der Waals surface area (Å²) in [5.41, 5.74) is 13.9. The van der Waals surface area contributed by atoms with Crippen LogP contribution in [0.4, 0.5) is 0 Å². The summed E-state index contributed by atoms with van der Waals surface area (Å²) < 4.78 is 0. The lowest BCUT2D eigenvalue weighted by Gasteiger charge is -2.18. The molecular weight excluding hydrogens is 773 g/mol. The molecule has 1 heterocycles. The largest absolute Gasteiger partial charge is 0.228 e. The van der Waals surface area contributed by atoms with Crippen LogP contribution in [0.3, 0.4) is 0 Å². The smallest absolute Gasteiger partial charge is 0.161 e. The van der Waals surface area contributed by atoms with Crippen molar-refractivity contribution in [1.82, 2.24) is 9.97 Å². The van der Waals surface area contributed by atoms with Crippen LogP contribution >= 0.6 is 0 Å². The normalized spacial score (nSPS) is 11.4. The molecule has 0 radical (unpaired) electrons. The van der Waals surface area contributed by atoms with Crippen LogP contribution in [0.15, 0.2) is 243 Å². The van der Waals surface area contributed by atoms with Crippen molar-refractivity contribution in [2.24, 2.45) is 0 Å². The summed E-state index contributed by atoms with van der Waals surface area (Å²) in [6.45, 7) is 0. The van der Waals surface area contributed by atoms with Crippen molar-refractivity contribution in [3.8, 4) is 78.4 Å². The van der Waals surface area contributed by atoms with E-state index in [-0.39, 0.29) is 0 Å². The summed E-state index contributed by atoms with van der Waals surface area (Å²) in [6, 6.07) is 87.3.